The summed E-state index contributed by atoms with van der Waals surface area (Å²) in [5.74, 6) is 0.192. The van der Waals surface area contributed by atoms with Crippen LogP contribution in [0, 0.1) is 11.7 Å². The van der Waals surface area contributed by atoms with Crippen molar-refractivity contribution < 1.29 is 14.0 Å². The molecule has 0 radical (unpaired) electrons. The van der Waals surface area contributed by atoms with Crippen molar-refractivity contribution >= 4 is 40.9 Å². The van der Waals surface area contributed by atoms with Gasteiger partial charge >= 0.3 is 0 Å². The maximum atomic E-state index is 13.4. The van der Waals surface area contributed by atoms with Crippen LogP contribution in [0.4, 0.5) is 10.1 Å². The van der Waals surface area contributed by atoms with Crippen LogP contribution in [0.1, 0.15) is 48.5 Å². The van der Waals surface area contributed by atoms with E-state index in [0.717, 1.165) is 24.2 Å². The van der Waals surface area contributed by atoms with E-state index in [0.29, 0.717) is 28.5 Å². The number of anilines is 1. The van der Waals surface area contributed by atoms with E-state index in [2.05, 4.69) is 12.2 Å². The molecule has 0 spiro atoms. The predicted molar refractivity (Wildman–Crippen MR) is 119 cm³/mol. The van der Waals surface area contributed by atoms with Crippen LogP contribution in [-0.4, -0.2) is 23.6 Å². The lowest BCUT2D eigenvalue weighted by atomic mass is 9.86. The Hall–Kier alpha value is -2.05. The van der Waals surface area contributed by atoms with Crippen molar-refractivity contribution in [2.24, 2.45) is 5.92 Å². The molecule has 1 heterocycles. The third-order valence-corrected chi connectivity index (χ3v) is 7.34. The minimum absolute atomic E-state index is 0.0636. The maximum absolute atomic E-state index is 13.4. The molecule has 2 aromatic carbocycles. The van der Waals surface area contributed by atoms with Crippen molar-refractivity contribution in [2.45, 2.75) is 50.1 Å². The molecule has 0 saturated heterocycles. The van der Waals surface area contributed by atoms with E-state index < -0.39 is 5.82 Å². The Morgan fingerprint density at radius 1 is 1.23 bits per heavy atom. The molecule has 1 N–H and O–H groups in total. The van der Waals surface area contributed by atoms with Crippen LogP contribution in [0.15, 0.2) is 41.3 Å². The number of nitrogens with zero attached hydrogens (tertiary/aromatic N) is 1. The molecule has 1 aliphatic heterocycles. The SMILES string of the molecule is C[C@H]1CCCC[C@H]1NC(=O)c1ccc2c(c1)N(Cc1ccc(F)cc1Cl)C(=O)CS2. The molecule has 0 aromatic heterocycles. The summed E-state index contributed by atoms with van der Waals surface area (Å²) in [6, 6.07) is 9.84. The number of hydrogen-bond acceptors (Lipinski definition) is 3. The van der Waals surface area contributed by atoms with Gasteiger partial charge in [0, 0.05) is 21.5 Å². The van der Waals surface area contributed by atoms with Gasteiger partial charge in [0.2, 0.25) is 5.91 Å². The van der Waals surface area contributed by atoms with Crippen LogP contribution in [0.2, 0.25) is 5.02 Å². The van der Waals surface area contributed by atoms with Crippen LogP contribution in [0.5, 0.6) is 0 Å². The van der Waals surface area contributed by atoms with E-state index in [4.69, 9.17) is 11.6 Å². The molecule has 2 atom stereocenters. The predicted octanol–water partition coefficient (Wildman–Crippen LogP) is 5.43. The summed E-state index contributed by atoms with van der Waals surface area (Å²) in [6.07, 6.45) is 4.48. The van der Waals surface area contributed by atoms with Crippen LogP contribution in [-0.2, 0) is 11.3 Å². The van der Waals surface area contributed by atoms with Crippen molar-refractivity contribution in [1.29, 1.82) is 0 Å². The lowest BCUT2D eigenvalue weighted by Crippen LogP contribution is -2.41. The van der Waals surface area contributed by atoms with Gasteiger partial charge in [0.15, 0.2) is 0 Å². The first kappa shape index (κ1) is 21.2. The Labute approximate surface area is 185 Å². The van der Waals surface area contributed by atoms with Gasteiger partial charge in [0.05, 0.1) is 18.0 Å². The molecule has 2 aromatic rings. The third kappa shape index (κ3) is 4.49. The summed E-state index contributed by atoms with van der Waals surface area (Å²) in [7, 11) is 0. The van der Waals surface area contributed by atoms with Crippen molar-refractivity contribution in [3.63, 3.8) is 0 Å². The summed E-state index contributed by atoms with van der Waals surface area (Å²) in [6.45, 7) is 2.41. The molecular formula is C23H24ClFN2O2S. The van der Waals surface area contributed by atoms with Crippen LogP contribution in [0.3, 0.4) is 0 Å². The zero-order valence-electron chi connectivity index (χ0n) is 16.8. The molecule has 7 heteroatoms. The normalized spacial score (nSPS) is 21.3. The number of halogens is 2. The molecule has 4 nitrogen and oxygen atoms in total. The first-order chi connectivity index (χ1) is 14.4. The van der Waals surface area contributed by atoms with Gasteiger partial charge < -0.3 is 10.2 Å². The summed E-state index contributed by atoms with van der Waals surface area (Å²) in [4.78, 5) is 28.1. The van der Waals surface area contributed by atoms with Crippen molar-refractivity contribution in [3.8, 4) is 0 Å². The van der Waals surface area contributed by atoms with E-state index in [1.165, 1.54) is 30.3 Å². The smallest absolute Gasteiger partial charge is 0.251 e. The third-order valence-electron chi connectivity index (χ3n) is 5.94. The molecule has 0 bridgehead atoms. The highest BCUT2D eigenvalue weighted by Gasteiger charge is 2.28. The average molecular weight is 447 g/mol. The second-order valence-electron chi connectivity index (χ2n) is 8.03. The highest BCUT2D eigenvalue weighted by atomic mass is 35.5. The Bertz CT molecular complexity index is 984. The standard InChI is InChI=1S/C23H24ClFN2O2S/c1-14-4-2-3-5-19(14)26-23(29)15-7-9-21-20(10-15)27(22(28)13-30-21)12-16-6-8-17(25)11-18(16)24/h6-11,14,19H,2-5,12-13H2,1H3,(H,26,29)/t14-,19+/m0/s1. The molecule has 4 rings (SSSR count). The van der Waals surface area contributed by atoms with Crippen LogP contribution < -0.4 is 10.2 Å². The average Bonchev–Trinajstić information content (AvgIpc) is 2.73. The molecular weight excluding hydrogens is 423 g/mol. The van der Waals surface area contributed by atoms with E-state index in [9.17, 15) is 14.0 Å². The number of carbonyl (C=O) groups excluding carboxylic acids is 2. The van der Waals surface area contributed by atoms with Gasteiger partial charge in [0.1, 0.15) is 5.82 Å². The molecule has 2 amide bonds. The minimum atomic E-state index is -0.416. The second-order valence-corrected chi connectivity index (χ2v) is 9.45. The minimum Gasteiger partial charge on any atom is -0.349 e. The fraction of sp³-hybridized carbons (Fsp3) is 0.391. The number of fused-ring (bicyclic) bond motifs is 1. The number of thioether (sulfide) groups is 1. The monoisotopic (exact) mass is 446 g/mol. The summed E-state index contributed by atoms with van der Waals surface area (Å²) in [5, 5.41) is 3.45. The van der Waals surface area contributed by atoms with E-state index in [1.807, 2.05) is 12.1 Å². The number of nitrogens with one attached hydrogen (secondary N) is 1. The van der Waals surface area contributed by atoms with Gasteiger partial charge in [-0.25, -0.2) is 4.39 Å². The Morgan fingerprint density at radius 3 is 2.80 bits per heavy atom. The summed E-state index contributed by atoms with van der Waals surface area (Å²) >= 11 is 7.64. The lowest BCUT2D eigenvalue weighted by molar-refractivity contribution is -0.116. The van der Waals surface area contributed by atoms with E-state index >= 15 is 0 Å². The zero-order valence-corrected chi connectivity index (χ0v) is 18.4. The highest BCUT2D eigenvalue weighted by molar-refractivity contribution is 8.00. The summed E-state index contributed by atoms with van der Waals surface area (Å²) < 4.78 is 13.4. The number of amides is 2. The maximum Gasteiger partial charge on any atom is 0.251 e. The number of benzene rings is 2. The fourth-order valence-electron chi connectivity index (χ4n) is 4.12. The number of rotatable bonds is 4. The number of carbonyl (C=O) groups is 2. The van der Waals surface area contributed by atoms with Gasteiger partial charge in [-0.1, -0.05) is 37.4 Å². The topological polar surface area (TPSA) is 49.4 Å². The lowest BCUT2D eigenvalue weighted by Gasteiger charge is -2.31. The molecule has 1 saturated carbocycles. The largest absolute Gasteiger partial charge is 0.349 e. The van der Waals surface area contributed by atoms with Gasteiger partial charge in [-0.15, -0.1) is 11.8 Å². The molecule has 1 aliphatic carbocycles. The first-order valence-corrected chi connectivity index (χ1v) is 11.6. The Kier molecular flexibility index (Phi) is 6.34. The second kappa shape index (κ2) is 8.98. The van der Waals surface area contributed by atoms with Gasteiger partial charge in [0.25, 0.3) is 5.91 Å². The Morgan fingerprint density at radius 2 is 2.03 bits per heavy atom. The molecule has 2 aliphatic rings. The molecule has 158 valence electrons. The zero-order chi connectivity index (χ0) is 21.3. The van der Waals surface area contributed by atoms with Gasteiger partial charge in [-0.05, 0) is 54.7 Å². The molecule has 0 unspecified atom stereocenters. The van der Waals surface area contributed by atoms with E-state index in [1.54, 1.807) is 17.0 Å². The van der Waals surface area contributed by atoms with E-state index in [-0.39, 0.29) is 29.4 Å². The van der Waals surface area contributed by atoms with Crippen molar-refractivity contribution in [1.82, 2.24) is 5.32 Å². The van der Waals surface area contributed by atoms with Crippen LogP contribution in [0.25, 0.3) is 0 Å². The molecule has 1 fully saturated rings. The number of hydrogen-bond donors (Lipinski definition) is 1. The van der Waals surface area contributed by atoms with Crippen molar-refractivity contribution in [2.75, 3.05) is 10.7 Å². The fourth-order valence-corrected chi connectivity index (χ4v) is 5.26. The highest BCUT2D eigenvalue weighted by Crippen LogP contribution is 2.37. The quantitative estimate of drug-likeness (QED) is 0.681. The van der Waals surface area contributed by atoms with Crippen LogP contribution >= 0.6 is 23.4 Å². The molecule has 30 heavy (non-hydrogen) atoms. The summed E-state index contributed by atoms with van der Waals surface area (Å²) in [5.41, 5.74) is 1.90. The van der Waals surface area contributed by atoms with Gasteiger partial charge in [-0.2, -0.15) is 0 Å². The Balaban J connectivity index is 1.58. The van der Waals surface area contributed by atoms with Gasteiger partial charge in [-0.3, -0.25) is 9.59 Å². The van der Waals surface area contributed by atoms with Crippen molar-refractivity contribution in [3.05, 3.63) is 58.4 Å². The first-order valence-electron chi connectivity index (χ1n) is 10.2.